The van der Waals surface area contributed by atoms with Gasteiger partial charge in [0.25, 0.3) is 0 Å². The van der Waals surface area contributed by atoms with Crippen molar-refractivity contribution in [3.8, 4) is 0 Å². The van der Waals surface area contributed by atoms with E-state index in [0.717, 1.165) is 12.1 Å². The second kappa shape index (κ2) is 4.04. The number of nitrogens with zero attached hydrogens (tertiary/aromatic N) is 3. The number of hydrazine groups is 1. The van der Waals surface area contributed by atoms with E-state index in [-0.39, 0.29) is 0 Å². The minimum atomic E-state index is 0.649. The van der Waals surface area contributed by atoms with Gasteiger partial charge in [-0.3, -0.25) is 0 Å². The van der Waals surface area contributed by atoms with Crippen LogP contribution in [0.2, 0.25) is 0 Å². The largest absolute Gasteiger partial charge is 0.347 e. The van der Waals surface area contributed by atoms with Gasteiger partial charge in [-0.1, -0.05) is 6.92 Å². The Bertz CT molecular complexity index is 262. The van der Waals surface area contributed by atoms with Crippen molar-refractivity contribution in [2.45, 2.75) is 13.3 Å². The molecule has 72 valence electrons. The van der Waals surface area contributed by atoms with Crippen molar-refractivity contribution in [2.24, 2.45) is 5.84 Å². The first-order chi connectivity index (χ1) is 6.17. The van der Waals surface area contributed by atoms with Crippen LogP contribution in [0.15, 0.2) is 6.07 Å². The van der Waals surface area contributed by atoms with E-state index in [9.17, 15) is 0 Å². The summed E-state index contributed by atoms with van der Waals surface area (Å²) < 4.78 is 0. The van der Waals surface area contributed by atoms with Gasteiger partial charge in [-0.15, -0.1) is 0 Å². The van der Waals surface area contributed by atoms with Crippen LogP contribution >= 0.6 is 0 Å². The number of nitrogen functional groups attached to an aromatic ring is 1. The lowest BCUT2D eigenvalue weighted by Gasteiger charge is -2.12. The third-order valence-corrected chi connectivity index (χ3v) is 1.68. The van der Waals surface area contributed by atoms with Gasteiger partial charge in [0.1, 0.15) is 5.82 Å². The van der Waals surface area contributed by atoms with E-state index in [4.69, 9.17) is 5.84 Å². The lowest BCUT2D eigenvalue weighted by molar-refractivity contribution is 0.938. The number of hydrogen-bond acceptors (Lipinski definition) is 5. The first-order valence-electron chi connectivity index (χ1n) is 4.19. The van der Waals surface area contributed by atoms with Crippen LogP contribution in [0.3, 0.4) is 0 Å². The molecule has 0 aliphatic carbocycles. The van der Waals surface area contributed by atoms with Gasteiger partial charge in [0, 0.05) is 25.9 Å². The van der Waals surface area contributed by atoms with Crippen LogP contribution in [0.5, 0.6) is 0 Å². The van der Waals surface area contributed by atoms with Gasteiger partial charge < -0.3 is 10.3 Å². The number of anilines is 2. The molecule has 1 rings (SSSR count). The van der Waals surface area contributed by atoms with Crippen molar-refractivity contribution in [3.05, 3.63) is 11.8 Å². The highest BCUT2D eigenvalue weighted by atomic mass is 15.3. The predicted octanol–water partition coefficient (Wildman–Crippen LogP) is 0.391. The van der Waals surface area contributed by atoms with E-state index in [1.54, 1.807) is 0 Å². The van der Waals surface area contributed by atoms with Gasteiger partial charge in [-0.2, -0.15) is 4.98 Å². The smallest absolute Gasteiger partial charge is 0.227 e. The third-order valence-electron chi connectivity index (χ3n) is 1.68. The van der Waals surface area contributed by atoms with Crippen LogP contribution in [-0.4, -0.2) is 24.1 Å². The second-order valence-electron chi connectivity index (χ2n) is 2.94. The first-order valence-corrected chi connectivity index (χ1v) is 4.19. The van der Waals surface area contributed by atoms with Crippen molar-refractivity contribution >= 4 is 11.8 Å². The highest BCUT2D eigenvalue weighted by Gasteiger charge is 2.03. The Balaban J connectivity index is 3.07. The fraction of sp³-hybridized carbons (Fsp3) is 0.500. The van der Waals surface area contributed by atoms with Crippen molar-refractivity contribution in [2.75, 3.05) is 24.4 Å². The molecule has 0 aliphatic rings. The predicted molar refractivity (Wildman–Crippen MR) is 53.5 cm³/mol. The molecular weight excluding hydrogens is 166 g/mol. The van der Waals surface area contributed by atoms with Gasteiger partial charge >= 0.3 is 0 Å². The summed E-state index contributed by atoms with van der Waals surface area (Å²) in [6.07, 6.45) is 0.873. The van der Waals surface area contributed by atoms with Crippen molar-refractivity contribution in [1.29, 1.82) is 0 Å². The number of hydrogen-bond donors (Lipinski definition) is 2. The number of nitrogens with one attached hydrogen (secondary N) is 1. The molecule has 0 fully saturated rings. The number of nitrogens with two attached hydrogens (primary N) is 1. The second-order valence-corrected chi connectivity index (χ2v) is 2.94. The Morgan fingerprint density at radius 1 is 1.46 bits per heavy atom. The summed E-state index contributed by atoms with van der Waals surface area (Å²) in [7, 11) is 3.80. The molecule has 0 bridgehead atoms. The summed E-state index contributed by atoms with van der Waals surface area (Å²) in [5.41, 5.74) is 3.50. The fourth-order valence-electron chi connectivity index (χ4n) is 0.939. The van der Waals surface area contributed by atoms with Crippen LogP contribution in [-0.2, 0) is 6.42 Å². The van der Waals surface area contributed by atoms with Gasteiger partial charge in [0.15, 0.2) is 0 Å². The molecule has 0 amide bonds. The average Bonchev–Trinajstić information content (AvgIpc) is 2.16. The van der Waals surface area contributed by atoms with Crippen molar-refractivity contribution < 1.29 is 0 Å². The normalized spacial score (nSPS) is 9.85. The molecule has 0 unspecified atom stereocenters. The van der Waals surface area contributed by atoms with E-state index >= 15 is 0 Å². The molecule has 0 saturated heterocycles. The number of aromatic nitrogens is 2. The lowest BCUT2D eigenvalue weighted by Crippen LogP contribution is -2.16. The summed E-state index contributed by atoms with van der Waals surface area (Å²) >= 11 is 0. The maximum Gasteiger partial charge on any atom is 0.227 e. The Morgan fingerprint density at radius 3 is 2.62 bits per heavy atom. The van der Waals surface area contributed by atoms with Gasteiger partial charge in [-0.05, 0) is 6.42 Å². The Morgan fingerprint density at radius 2 is 2.15 bits per heavy atom. The molecular formula is C8H15N5. The van der Waals surface area contributed by atoms with E-state index in [2.05, 4.69) is 15.4 Å². The Hall–Kier alpha value is -1.36. The topological polar surface area (TPSA) is 67.1 Å². The molecule has 1 aromatic heterocycles. The molecule has 1 heterocycles. The first kappa shape index (κ1) is 9.73. The Labute approximate surface area is 78.0 Å². The molecule has 0 spiro atoms. The highest BCUT2D eigenvalue weighted by molar-refractivity contribution is 5.42. The SMILES string of the molecule is CCc1cc(NN)nc(N(C)C)n1. The highest BCUT2D eigenvalue weighted by Crippen LogP contribution is 2.11. The van der Waals surface area contributed by atoms with Crippen LogP contribution < -0.4 is 16.2 Å². The monoisotopic (exact) mass is 181 g/mol. The quantitative estimate of drug-likeness (QED) is 0.521. The Kier molecular flexibility index (Phi) is 3.02. The fourth-order valence-corrected chi connectivity index (χ4v) is 0.939. The summed E-state index contributed by atoms with van der Waals surface area (Å²) in [4.78, 5) is 10.3. The zero-order chi connectivity index (χ0) is 9.84. The molecule has 13 heavy (non-hydrogen) atoms. The van der Waals surface area contributed by atoms with Crippen LogP contribution in [0.25, 0.3) is 0 Å². The van der Waals surface area contributed by atoms with Crippen LogP contribution in [0.4, 0.5) is 11.8 Å². The minimum Gasteiger partial charge on any atom is -0.347 e. The van der Waals surface area contributed by atoms with Crippen molar-refractivity contribution in [3.63, 3.8) is 0 Å². The van der Waals surface area contributed by atoms with Crippen LogP contribution in [0.1, 0.15) is 12.6 Å². The molecule has 5 heteroatoms. The average molecular weight is 181 g/mol. The van der Waals surface area contributed by atoms with E-state index < -0.39 is 0 Å². The maximum atomic E-state index is 5.28. The molecule has 0 aromatic carbocycles. The molecule has 0 saturated carbocycles. The standard InChI is InChI=1S/C8H15N5/c1-4-6-5-7(12-9)11-8(10-6)13(2)3/h5H,4,9H2,1-3H3,(H,10,11,12). The summed E-state index contributed by atoms with van der Waals surface area (Å²) in [6.45, 7) is 2.04. The molecule has 1 aromatic rings. The van der Waals surface area contributed by atoms with E-state index in [0.29, 0.717) is 11.8 Å². The molecule has 3 N–H and O–H groups in total. The molecule has 5 nitrogen and oxygen atoms in total. The third kappa shape index (κ3) is 2.29. The minimum absolute atomic E-state index is 0.649. The maximum absolute atomic E-state index is 5.28. The lowest BCUT2D eigenvalue weighted by atomic mass is 10.3. The van der Waals surface area contributed by atoms with E-state index in [1.807, 2.05) is 32.0 Å². The molecule has 0 atom stereocenters. The van der Waals surface area contributed by atoms with Crippen LogP contribution in [0, 0.1) is 0 Å². The molecule has 0 radical (unpaired) electrons. The van der Waals surface area contributed by atoms with Gasteiger partial charge in [0.05, 0.1) is 0 Å². The summed E-state index contributed by atoms with van der Waals surface area (Å²) in [6, 6.07) is 1.84. The number of aryl methyl sites for hydroxylation is 1. The summed E-state index contributed by atoms with van der Waals surface area (Å²) in [5, 5.41) is 0. The van der Waals surface area contributed by atoms with E-state index in [1.165, 1.54) is 0 Å². The zero-order valence-corrected chi connectivity index (χ0v) is 8.20. The van der Waals surface area contributed by atoms with Gasteiger partial charge in [-0.25, -0.2) is 10.8 Å². The zero-order valence-electron chi connectivity index (χ0n) is 8.20. The van der Waals surface area contributed by atoms with Crippen molar-refractivity contribution in [1.82, 2.24) is 9.97 Å². The summed E-state index contributed by atoms with van der Waals surface area (Å²) in [5.74, 6) is 6.61. The molecule has 0 aliphatic heterocycles. The van der Waals surface area contributed by atoms with Gasteiger partial charge in [0.2, 0.25) is 5.95 Å². The number of rotatable bonds is 3.